The number of nitrogens with one attached hydrogen (secondary N) is 4. The monoisotopic (exact) mass is 391 g/mol. The van der Waals surface area contributed by atoms with Crippen LogP contribution in [-0.4, -0.2) is 52.7 Å². The van der Waals surface area contributed by atoms with Crippen molar-refractivity contribution < 1.29 is 8.42 Å². The van der Waals surface area contributed by atoms with Crippen molar-refractivity contribution in [1.29, 1.82) is 10.8 Å². The minimum atomic E-state index is -3.54. The first kappa shape index (κ1) is 18.3. The van der Waals surface area contributed by atoms with Crippen molar-refractivity contribution in [1.82, 2.24) is 23.6 Å². The fourth-order valence-corrected chi connectivity index (χ4v) is 5.14. The molecule has 1 saturated carbocycles. The largest absolute Gasteiger partial charge is 0.345 e. The summed E-state index contributed by atoms with van der Waals surface area (Å²) in [4.78, 5) is 7.17. The van der Waals surface area contributed by atoms with Crippen LogP contribution in [-0.2, 0) is 10.2 Å². The summed E-state index contributed by atoms with van der Waals surface area (Å²) in [6.45, 7) is 3.18. The number of fused-ring (bicyclic) bond motifs is 1. The van der Waals surface area contributed by atoms with E-state index in [9.17, 15) is 8.42 Å². The molecule has 27 heavy (non-hydrogen) atoms. The molecule has 0 radical (unpaired) electrons. The van der Waals surface area contributed by atoms with Gasteiger partial charge in [-0.25, -0.2) is 9.71 Å². The van der Waals surface area contributed by atoms with Gasteiger partial charge in [0.15, 0.2) is 5.65 Å². The molecule has 2 aromatic rings. The first-order valence-corrected chi connectivity index (χ1v) is 10.8. The second-order valence-corrected chi connectivity index (χ2v) is 9.22. The fraction of sp³-hybridized carbons (Fsp3) is 0.588. The average Bonchev–Trinajstić information content (AvgIpc) is 3.17. The zero-order chi connectivity index (χ0) is 19.2. The van der Waals surface area contributed by atoms with E-state index in [0.717, 1.165) is 19.3 Å². The van der Waals surface area contributed by atoms with Crippen LogP contribution in [0.4, 0.5) is 0 Å². The van der Waals surface area contributed by atoms with Gasteiger partial charge in [0.25, 0.3) is 10.2 Å². The smallest absolute Gasteiger partial charge is 0.279 e. The summed E-state index contributed by atoms with van der Waals surface area (Å²) in [5, 5.41) is 17.0. The highest BCUT2D eigenvalue weighted by atomic mass is 32.2. The molecule has 10 heteroatoms. The third-order valence-electron chi connectivity index (χ3n) is 5.62. The van der Waals surface area contributed by atoms with E-state index < -0.39 is 10.2 Å². The Kier molecular flexibility index (Phi) is 4.65. The molecule has 1 aliphatic carbocycles. The van der Waals surface area contributed by atoms with Crippen molar-refractivity contribution in [2.75, 3.05) is 19.6 Å². The first-order chi connectivity index (χ1) is 12.9. The van der Waals surface area contributed by atoms with Gasteiger partial charge in [-0.15, -0.1) is 0 Å². The van der Waals surface area contributed by atoms with E-state index in [2.05, 4.69) is 14.7 Å². The Morgan fingerprint density at radius 3 is 2.89 bits per heavy atom. The van der Waals surface area contributed by atoms with Crippen LogP contribution in [0, 0.1) is 28.6 Å². The molecule has 2 fully saturated rings. The standard InChI is InChI=1S/C17H25N7O2S/c1-2-12-9-23(27(25,26)22-7-11-3-4-11)10-13(12)16(19)24-14-5-6-20-17(14)21-8-15(24)18/h5-6,8,11-13,18-20,22H,2-4,7,9-10H2,1H3/t12-,13+/m1/s1. The molecular weight excluding hydrogens is 366 g/mol. The zero-order valence-corrected chi connectivity index (χ0v) is 16.1. The Morgan fingerprint density at radius 1 is 1.41 bits per heavy atom. The highest BCUT2D eigenvalue weighted by Crippen LogP contribution is 2.31. The third-order valence-corrected chi connectivity index (χ3v) is 7.13. The maximum Gasteiger partial charge on any atom is 0.279 e. The van der Waals surface area contributed by atoms with Gasteiger partial charge >= 0.3 is 0 Å². The van der Waals surface area contributed by atoms with E-state index in [-0.39, 0.29) is 29.7 Å². The third kappa shape index (κ3) is 3.44. The van der Waals surface area contributed by atoms with Gasteiger partial charge in [0.2, 0.25) is 0 Å². The van der Waals surface area contributed by atoms with Crippen molar-refractivity contribution in [3.05, 3.63) is 23.9 Å². The molecule has 146 valence electrons. The van der Waals surface area contributed by atoms with Crippen molar-refractivity contribution in [3.63, 3.8) is 0 Å². The summed E-state index contributed by atoms with van der Waals surface area (Å²) in [6.07, 6.45) is 6.09. The molecular formula is C17H25N7O2S. The number of aromatic amines is 1. The van der Waals surface area contributed by atoms with Gasteiger partial charge in [-0.3, -0.25) is 15.4 Å². The van der Waals surface area contributed by atoms with Crippen LogP contribution in [0.25, 0.3) is 11.2 Å². The zero-order valence-electron chi connectivity index (χ0n) is 15.3. The predicted molar refractivity (Wildman–Crippen MR) is 102 cm³/mol. The van der Waals surface area contributed by atoms with Gasteiger partial charge in [0.1, 0.15) is 11.3 Å². The Labute approximate surface area is 158 Å². The van der Waals surface area contributed by atoms with E-state index >= 15 is 0 Å². The number of nitrogens with zero attached hydrogens (tertiary/aromatic N) is 3. The van der Waals surface area contributed by atoms with E-state index in [1.165, 1.54) is 10.5 Å². The van der Waals surface area contributed by atoms with Crippen LogP contribution >= 0.6 is 0 Å². The van der Waals surface area contributed by atoms with Crippen molar-refractivity contribution in [2.45, 2.75) is 26.2 Å². The average molecular weight is 392 g/mol. The molecule has 0 aromatic carbocycles. The Balaban J connectivity index is 1.60. The van der Waals surface area contributed by atoms with Crippen molar-refractivity contribution >= 4 is 27.2 Å². The topological polar surface area (TPSA) is 131 Å². The Hall–Kier alpha value is -2.04. The number of rotatable bonds is 6. The van der Waals surface area contributed by atoms with E-state index in [0.29, 0.717) is 30.2 Å². The van der Waals surface area contributed by atoms with Gasteiger partial charge in [-0.2, -0.15) is 12.7 Å². The van der Waals surface area contributed by atoms with E-state index in [4.69, 9.17) is 10.8 Å². The molecule has 1 aliphatic heterocycles. The molecule has 0 unspecified atom stereocenters. The lowest BCUT2D eigenvalue weighted by atomic mass is 9.92. The maximum absolute atomic E-state index is 12.7. The lowest BCUT2D eigenvalue weighted by molar-refractivity contribution is 0.441. The molecule has 0 bridgehead atoms. The van der Waals surface area contributed by atoms with Gasteiger partial charge in [-0.05, 0) is 30.7 Å². The maximum atomic E-state index is 12.7. The summed E-state index contributed by atoms with van der Waals surface area (Å²) in [5.41, 5.74) is 1.39. The summed E-state index contributed by atoms with van der Waals surface area (Å²) >= 11 is 0. The highest BCUT2D eigenvalue weighted by Gasteiger charge is 2.41. The van der Waals surface area contributed by atoms with Crippen molar-refractivity contribution in [2.24, 2.45) is 17.8 Å². The first-order valence-electron chi connectivity index (χ1n) is 9.34. The molecule has 0 spiro atoms. The number of aromatic nitrogens is 3. The normalized spacial score (nSPS) is 23.9. The summed E-state index contributed by atoms with van der Waals surface area (Å²) in [6, 6.07) is 1.79. The SMILES string of the molecule is CC[C@@H]1CN(S(=O)(=O)NCC2CC2)C[C@@H]1C(=N)n1c(=N)cnc2[nH]ccc21. The molecule has 0 amide bonds. The molecule has 3 heterocycles. The van der Waals surface area contributed by atoms with Gasteiger partial charge < -0.3 is 4.98 Å². The second kappa shape index (κ2) is 6.84. The summed E-state index contributed by atoms with van der Waals surface area (Å²) in [5.74, 6) is 0.503. The van der Waals surface area contributed by atoms with Crippen LogP contribution in [0.15, 0.2) is 18.5 Å². The number of hydrogen-bond acceptors (Lipinski definition) is 5. The Bertz CT molecular complexity index is 1020. The lowest BCUT2D eigenvalue weighted by Crippen LogP contribution is -2.41. The summed E-state index contributed by atoms with van der Waals surface area (Å²) in [7, 11) is -3.54. The van der Waals surface area contributed by atoms with E-state index in [1.54, 1.807) is 16.8 Å². The molecule has 4 N–H and O–H groups in total. The molecule has 4 rings (SSSR count). The number of H-pyrrole nitrogens is 1. The highest BCUT2D eigenvalue weighted by molar-refractivity contribution is 7.87. The van der Waals surface area contributed by atoms with Crippen LogP contribution in [0.5, 0.6) is 0 Å². The minimum Gasteiger partial charge on any atom is -0.345 e. The molecule has 2 aromatic heterocycles. The minimum absolute atomic E-state index is 0.0454. The fourth-order valence-electron chi connectivity index (χ4n) is 3.76. The van der Waals surface area contributed by atoms with Gasteiger partial charge in [0.05, 0.1) is 11.7 Å². The molecule has 2 atom stereocenters. The van der Waals surface area contributed by atoms with Crippen LogP contribution in [0.3, 0.4) is 0 Å². The summed E-state index contributed by atoms with van der Waals surface area (Å²) < 4.78 is 31.0. The van der Waals surface area contributed by atoms with Crippen molar-refractivity contribution in [3.8, 4) is 0 Å². The molecule has 1 saturated heterocycles. The quantitative estimate of drug-likeness (QED) is 0.430. The molecule has 9 nitrogen and oxygen atoms in total. The van der Waals surface area contributed by atoms with Crippen LogP contribution < -0.4 is 10.2 Å². The lowest BCUT2D eigenvalue weighted by Gasteiger charge is -2.20. The van der Waals surface area contributed by atoms with Gasteiger partial charge in [0, 0.05) is 31.7 Å². The van der Waals surface area contributed by atoms with Crippen LogP contribution in [0.1, 0.15) is 26.2 Å². The van der Waals surface area contributed by atoms with E-state index in [1.807, 2.05) is 6.92 Å². The Morgan fingerprint density at radius 2 is 2.19 bits per heavy atom. The van der Waals surface area contributed by atoms with Gasteiger partial charge in [-0.1, -0.05) is 13.3 Å². The van der Waals surface area contributed by atoms with Crippen LogP contribution in [0.2, 0.25) is 0 Å². The molecule has 2 aliphatic rings. The predicted octanol–water partition coefficient (Wildman–Crippen LogP) is 0.872. The second-order valence-electron chi connectivity index (χ2n) is 7.46. The number of hydrogen-bond donors (Lipinski definition) is 4.